The Balaban J connectivity index is 1.54. The Morgan fingerprint density at radius 2 is 1.97 bits per heavy atom. The molecule has 6 nitrogen and oxygen atoms in total. The van der Waals surface area contributed by atoms with Gasteiger partial charge in [0.05, 0.1) is 12.1 Å². The topological polar surface area (TPSA) is 88.7 Å². The fourth-order valence-electron chi connectivity index (χ4n) is 3.68. The van der Waals surface area contributed by atoms with E-state index in [2.05, 4.69) is 9.88 Å². The molecule has 0 bridgehead atoms. The smallest absolute Gasteiger partial charge is 0.250 e. The van der Waals surface area contributed by atoms with Crippen molar-refractivity contribution >= 4 is 23.2 Å². The molecular weight excluding hydrogens is 402 g/mol. The first kappa shape index (κ1) is 20.2. The second kappa shape index (κ2) is 8.73. The van der Waals surface area contributed by atoms with Crippen LogP contribution < -0.4 is 15.4 Å². The molecule has 1 aromatic heterocycles. The first-order valence-electron chi connectivity index (χ1n) is 9.72. The number of nitrogens with two attached hydrogens (primary N) is 1. The Bertz CT molecular complexity index is 1040. The number of pyridine rings is 1. The van der Waals surface area contributed by atoms with E-state index < -0.39 is 12.0 Å². The number of ether oxygens (including phenoxy) is 1. The number of aliphatic hydroxyl groups is 1. The second-order valence-corrected chi connectivity index (χ2v) is 7.63. The number of primary amides is 1. The maximum Gasteiger partial charge on any atom is 0.250 e. The van der Waals surface area contributed by atoms with E-state index in [0.717, 1.165) is 17.7 Å². The summed E-state index contributed by atoms with van der Waals surface area (Å²) in [6.07, 6.45) is 1.46. The number of aromatic nitrogens is 1. The van der Waals surface area contributed by atoms with Crippen LogP contribution in [0.5, 0.6) is 5.88 Å². The van der Waals surface area contributed by atoms with Gasteiger partial charge in [0, 0.05) is 24.8 Å². The third kappa shape index (κ3) is 4.25. The molecule has 3 N–H and O–H groups in total. The van der Waals surface area contributed by atoms with Gasteiger partial charge in [-0.05, 0) is 35.4 Å². The number of amides is 1. The maximum absolute atomic E-state index is 12.2. The van der Waals surface area contributed by atoms with Gasteiger partial charge in [0.15, 0.2) is 0 Å². The van der Waals surface area contributed by atoms with Gasteiger partial charge in [-0.15, -0.1) is 0 Å². The molecule has 2 atom stereocenters. The highest BCUT2D eigenvalue weighted by molar-refractivity contribution is 6.31. The zero-order valence-corrected chi connectivity index (χ0v) is 17.0. The summed E-state index contributed by atoms with van der Waals surface area (Å²) in [6.45, 7) is 1.28. The number of hydrogen-bond donors (Lipinski definition) is 2. The van der Waals surface area contributed by atoms with Gasteiger partial charge < -0.3 is 20.5 Å². The summed E-state index contributed by atoms with van der Waals surface area (Å²) in [5, 5.41) is 11.1. The van der Waals surface area contributed by atoms with E-state index in [1.807, 2.05) is 42.5 Å². The Morgan fingerprint density at radius 1 is 1.17 bits per heavy atom. The SMILES string of the molecule is NC(=O)c1cc(C(O)c2ccccc2)ccc1N1CCC(Oc2ncccc2Cl)C1. The van der Waals surface area contributed by atoms with Crippen molar-refractivity contribution in [2.45, 2.75) is 18.6 Å². The molecule has 0 radical (unpaired) electrons. The van der Waals surface area contributed by atoms with E-state index in [0.29, 0.717) is 35.1 Å². The van der Waals surface area contributed by atoms with Gasteiger partial charge in [0.25, 0.3) is 5.91 Å². The lowest BCUT2D eigenvalue weighted by molar-refractivity contribution is 0.100. The van der Waals surface area contributed by atoms with E-state index in [-0.39, 0.29) is 6.10 Å². The number of nitrogens with zero attached hydrogens (tertiary/aromatic N) is 2. The van der Waals surface area contributed by atoms with Crippen LogP contribution in [0.3, 0.4) is 0 Å². The fourth-order valence-corrected chi connectivity index (χ4v) is 3.85. The molecule has 1 aliphatic heterocycles. The Labute approximate surface area is 179 Å². The van der Waals surface area contributed by atoms with Gasteiger partial charge in [-0.3, -0.25) is 4.79 Å². The number of anilines is 1. The zero-order chi connectivity index (χ0) is 21.1. The molecule has 1 saturated heterocycles. The molecule has 1 amide bonds. The molecule has 30 heavy (non-hydrogen) atoms. The third-order valence-electron chi connectivity index (χ3n) is 5.21. The predicted molar refractivity (Wildman–Crippen MR) is 116 cm³/mol. The molecule has 1 fully saturated rings. The lowest BCUT2D eigenvalue weighted by Gasteiger charge is -2.23. The van der Waals surface area contributed by atoms with Crippen molar-refractivity contribution < 1.29 is 14.6 Å². The molecule has 1 aliphatic rings. The van der Waals surface area contributed by atoms with Crippen LogP contribution in [0.15, 0.2) is 66.9 Å². The number of hydrogen-bond acceptors (Lipinski definition) is 5. The lowest BCUT2D eigenvalue weighted by atomic mass is 9.98. The highest BCUT2D eigenvalue weighted by Crippen LogP contribution is 2.31. The summed E-state index contributed by atoms with van der Waals surface area (Å²) in [5.74, 6) is -0.133. The lowest BCUT2D eigenvalue weighted by Crippen LogP contribution is -2.27. The van der Waals surface area contributed by atoms with E-state index >= 15 is 0 Å². The van der Waals surface area contributed by atoms with Crippen molar-refractivity contribution in [3.8, 4) is 5.88 Å². The molecule has 0 spiro atoms. The minimum Gasteiger partial charge on any atom is -0.471 e. The predicted octanol–water partition coefficient (Wildman–Crippen LogP) is 3.57. The van der Waals surface area contributed by atoms with Crippen molar-refractivity contribution in [2.75, 3.05) is 18.0 Å². The van der Waals surface area contributed by atoms with Crippen LogP contribution in [0.25, 0.3) is 0 Å². The van der Waals surface area contributed by atoms with Crippen molar-refractivity contribution in [2.24, 2.45) is 5.73 Å². The molecular formula is C23H22ClN3O3. The van der Waals surface area contributed by atoms with Crippen LogP contribution >= 0.6 is 11.6 Å². The first-order valence-corrected chi connectivity index (χ1v) is 10.1. The minimum absolute atomic E-state index is 0.104. The number of benzene rings is 2. The standard InChI is InChI=1S/C23H22ClN3O3/c24-19-7-4-11-26-23(19)30-17-10-12-27(14-17)20-9-8-16(13-18(20)22(25)29)21(28)15-5-2-1-3-6-15/h1-9,11,13,17,21,28H,10,12,14H2,(H2,25,29). The van der Waals surface area contributed by atoms with Gasteiger partial charge in [-0.1, -0.05) is 48.0 Å². The van der Waals surface area contributed by atoms with Gasteiger partial charge in [-0.2, -0.15) is 0 Å². The Kier molecular flexibility index (Phi) is 5.88. The van der Waals surface area contributed by atoms with Crippen molar-refractivity contribution in [1.82, 2.24) is 4.98 Å². The maximum atomic E-state index is 12.2. The molecule has 2 unspecified atom stereocenters. The van der Waals surface area contributed by atoms with Crippen molar-refractivity contribution in [1.29, 1.82) is 0 Å². The number of aliphatic hydroxyl groups excluding tert-OH is 1. The Morgan fingerprint density at radius 3 is 2.70 bits per heavy atom. The normalized spacial score (nSPS) is 17.0. The summed E-state index contributed by atoms with van der Waals surface area (Å²) in [5.41, 5.74) is 8.13. The van der Waals surface area contributed by atoms with Crippen LogP contribution in [0.2, 0.25) is 5.02 Å². The molecule has 154 valence electrons. The van der Waals surface area contributed by atoms with Gasteiger partial charge in [0.1, 0.15) is 17.2 Å². The van der Waals surface area contributed by atoms with E-state index in [1.54, 1.807) is 24.4 Å². The number of carbonyl (C=O) groups excluding carboxylic acids is 1. The van der Waals surface area contributed by atoms with Gasteiger partial charge >= 0.3 is 0 Å². The van der Waals surface area contributed by atoms with Gasteiger partial charge in [0.2, 0.25) is 5.88 Å². The monoisotopic (exact) mass is 423 g/mol. The fraction of sp³-hybridized carbons (Fsp3) is 0.217. The summed E-state index contributed by atoms with van der Waals surface area (Å²) in [4.78, 5) is 18.4. The summed E-state index contributed by atoms with van der Waals surface area (Å²) in [6, 6.07) is 18.1. The number of halogens is 1. The average Bonchev–Trinajstić information content (AvgIpc) is 3.23. The molecule has 7 heteroatoms. The quantitative estimate of drug-likeness (QED) is 0.632. The van der Waals surface area contributed by atoms with Crippen LogP contribution in [0.1, 0.15) is 34.0 Å². The van der Waals surface area contributed by atoms with E-state index in [4.69, 9.17) is 22.1 Å². The number of rotatable bonds is 6. The van der Waals surface area contributed by atoms with E-state index in [9.17, 15) is 9.90 Å². The van der Waals surface area contributed by atoms with Crippen LogP contribution in [0, 0.1) is 0 Å². The average molecular weight is 424 g/mol. The molecule has 4 rings (SSSR count). The van der Waals surface area contributed by atoms with Crippen LogP contribution in [-0.4, -0.2) is 35.2 Å². The minimum atomic E-state index is -0.834. The molecule has 0 saturated carbocycles. The second-order valence-electron chi connectivity index (χ2n) is 7.22. The largest absolute Gasteiger partial charge is 0.471 e. The molecule has 2 aromatic carbocycles. The first-order chi connectivity index (χ1) is 14.5. The van der Waals surface area contributed by atoms with Crippen molar-refractivity contribution in [3.05, 3.63) is 88.6 Å². The highest BCUT2D eigenvalue weighted by atomic mass is 35.5. The molecule has 0 aliphatic carbocycles. The van der Waals surface area contributed by atoms with Crippen LogP contribution in [-0.2, 0) is 0 Å². The number of carbonyl (C=O) groups is 1. The molecule has 2 heterocycles. The summed E-state index contributed by atoms with van der Waals surface area (Å²) < 4.78 is 5.94. The van der Waals surface area contributed by atoms with Crippen molar-refractivity contribution in [3.63, 3.8) is 0 Å². The highest BCUT2D eigenvalue weighted by Gasteiger charge is 2.28. The van der Waals surface area contributed by atoms with Crippen LogP contribution in [0.4, 0.5) is 5.69 Å². The van der Waals surface area contributed by atoms with Gasteiger partial charge in [-0.25, -0.2) is 4.98 Å². The third-order valence-corrected chi connectivity index (χ3v) is 5.49. The zero-order valence-electron chi connectivity index (χ0n) is 16.2. The molecule has 3 aromatic rings. The van der Waals surface area contributed by atoms with E-state index in [1.165, 1.54) is 0 Å². The summed E-state index contributed by atoms with van der Waals surface area (Å²) >= 11 is 6.13. The Hall–Kier alpha value is -3.09. The summed E-state index contributed by atoms with van der Waals surface area (Å²) in [7, 11) is 0.